The van der Waals surface area contributed by atoms with Gasteiger partial charge in [-0.15, -0.1) is 10.2 Å². The van der Waals surface area contributed by atoms with Crippen molar-refractivity contribution in [2.45, 2.75) is 20.8 Å². The molecule has 0 aliphatic rings. The summed E-state index contributed by atoms with van der Waals surface area (Å²) in [5, 5.41) is 12.8. The molecule has 0 saturated carbocycles. The van der Waals surface area contributed by atoms with Gasteiger partial charge in [-0.1, -0.05) is 11.6 Å². The molecule has 0 aliphatic heterocycles. The van der Waals surface area contributed by atoms with Gasteiger partial charge in [-0.25, -0.2) is 0 Å². The van der Waals surface area contributed by atoms with Crippen LogP contribution in [0.3, 0.4) is 0 Å². The van der Waals surface area contributed by atoms with Crippen molar-refractivity contribution in [1.29, 1.82) is 0 Å². The van der Waals surface area contributed by atoms with Crippen molar-refractivity contribution < 1.29 is 9.21 Å². The van der Waals surface area contributed by atoms with Crippen LogP contribution in [0.25, 0.3) is 28.0 Å². The van der Waals surface area contributed by atoms with Crippen LogP contribution >= 0.6 is 11.6 Å². The van der Waals surface area contributed by atoms with Gasteiger partial charge in [0.2, 0.25) is 0 Å². The minimum atomic E-state index is -0.336. The summed E-state index contributed by atoms with van der Waals surface area (Å²) in [5.41, 5.74) is 5.85. The normalized spacial score (nSPS) is 11.1. The van der Waals surface area contributed by atoms with Crippen molar-refractivity contribution in [1.82, 2.24) is 15.0 Å². The average molecular weight is 500 g/mol. The largest absolute Gasteiger partial charge is 0.451 e. The van der Waals surface area contributed by atoms with Gasteiger partial charge in [0.15, 0.2) is 5.76 Å². The highest BCUT2D eigenvalue weighted by molar-refractivity contribution is 6.30. The molecule has 7 nitrogen and oxygen atoms in total. The van der Waals surface area contributed by atoms with Crippen LogP contribution in [0, 0.1) is 6.92 Å². The smallest absolute Gasteiger partial charge is 0.291 e. The molecular formula is C28H26ClN5O2. The van der Waals surface area contributed by atoms with Gasteiger partial charge in [-0.05, 0) is 99.1 Å². The van der Waals surface area contributed by atoms with E-state index in [-0.39, 0.29) is 11.7 Å². The molecule has 0 atom stereocenters. The SMILES string of the molecule is CCN(CC)c1ccc(-n2nc3cc(C)c(NC(=O)c4ccc(-c5ccc(Cl)cc5)o4)cc3n2)cc1. The molecule has 2 heterocycles. The number of furan rings is 1. The number of anilines is 2. The topological polar surface area (TPSA) is 76.2 Å². The molecule has 0 unspecified atom stereocenters. The molecule has 0 saturated heterocycles. The van der Waals surface area contributed by atoms with Crippen molar-refractivity contribution >= 4 is 39.9 Å². The number of hydrogen-bond acceptors (Lipinski definition) is 5. The van der Waals surface area contributed by atoms with Gasteiger partial charge in [-0.2, -0.15) is 4.80 Å². The fourth-order valence-electron chi connectivity index (χ4n) is 4.12. The molecule has 5 rings (SSSR count). The zero-order valence-electron chi connectivity index (χ0n) is 20.3. The minimum absolute atomic E-state index is 0.219. The van der Waals surface area contributed by atoms with Crippen LogP contribution < -0.4 is 10.2 Å². The summed E-state index contributed by atoms with van der Waals surface area (Å²) in [6, 6.07) is 22.6. The van der Waals surface area contributed by atoms with Crippen LogP contribution in [0.5, 0.6) is 0 Å². The first-order valence-corrected chi connectivity index (χ1v) is 12.2. The summed E-state index contributed by atoms with van der Waals surface area (Å²) >= 11 is 5.96. The third-order valence-electron chi connectivity index (χ3n) is 6.14. The van der Waals surface area contributed by atoms with Crippen LogP contribution in [-0.2, 0) is 0 Å². The van der Waals surface area contributed by atoms with E-state index in [2.05, 4.69) is 46.4 Å². The van der Waals surface area contributed by atoms with Gasteiger partial charge in [0.05, 0.1) is 5.69 Å². The van der Waals surface area contributed by atoms with Crippen LogP contribution in [0.1, 0.15) is 30.0 Å². The van der Waals surface area contributed by atoms with E-state index in [1.165, 1.54) is 5.69 Å². The maximum absolute atomic E-state index is 12.9. The van der Waals surface area contributed by atoms with Crippen LogP contribution in [-0.4, -0.2) is 34.0 Å². The Hall–Kier alpha value is -4.10. The second-order valence-electron chi connectivity index (χ2n) is 8.46. The second-order valence-corrected chi connectivity index (χ2v) is 8.90. The van der Waals surface area contributed by atoms with E-state index in [1.54, 1.807) is 29.1 Å². The molecule has 0 bridgehead atoms. The Morgan fingerprint density at radius 1 is 0.944 bits per heavy atom. The summed E-state index contributed by atoms with van der Waals surface area (Å²) in [4.78, 5) is 16.8. The number of carbonyl (C=O) groups excluding carboxylic acids is 1. The Morgan fingerprint density at radius 3 is 2.28 bits per heavy atom. The van der Waals surface area contributed by atoms with E-state index in [1.807, 2.05) is 43.3 Å². The maximum atomic E-state index is 12.9. The molecule has 0 aliphatic carbocycles. The summed E-state index contributed by atoms with van der Waals surface area (Å²) in [6.07, 6.45) is 0. The molecular weight excluding hydrogens is 474 g/mol. The molecule has 8 heteroatoms. The molecule has 182 valence electrons. The minimum Gasteiger partial charge on any atom is -0.451 e. The van der Waals surface area contributed by atoms with Crippen molar-refractivity contribution in [3.63, 3.8) is 0 Å². The van der Waals surface area contributed by atoms with Gasteiger partial charge >= 0.3 is 0 Å². The van der Waals surface area contributed by atoms with Crippen molar-refractivity contribution in [3.05, 3.63) is 89.1 Å². The highest BCUT2D eigenvalue weighted by atomic mass is 35.5. The van der Waals surface area contributed by atoms with E-state index in [4.69, 9.17) is 16.0 Å². The molecule has 0 fully saturated rings. The molecule has 2 aromatic heterocycles. The molecule has 0 radical (unpaired) electrons. The zero-order valence-corrected chi connectivity index (χ0v) is 21.1. The summed E-state index contributed by atoms with van der Waals surface area (Å²) in [7, 11) is 0. The van der Waals surface area contributed by atoms with Gasteiger partial charge in [0.1, 0.15) is 16.8 Å². The Balaban J connectivity index is 1.36. The van der Waals surface area contributed by atoms with Crippen LogP contribution in [0.2, 0.25) is 5.02 Å². The van der Waals surface area contributed by atoms with Crippen molar-refractivity contribution in [3.8, 4) is 17.0 Å². The Morgan fingerprint density at radius 2 is 1.61 bits per heavy atom. The Kier molecular flexibility index (Phi) is 6.48. The fourth-order valence-corrected chi connectivity index (χ4v) is 4.24. The van der Waals surface area contributed by atoms with E-state index in [0.717, 1.165) is 35.4 Å². The first kappa shape index (κ1) is 23.6. The summed E-state index contributed by atoms with van der Waals surface area (Å²) in [5.74, 6) is 0.479. The zero-order chi connectivity index (χ0) is 25.2. The molecule has 36 heavy (non-hydrogen) atoms. The van der Waals surface area contributed by atoms with Gasteiger partial charge in [-0.3, -0.25) is 4.79 Å². The third kappa shape index (κ3) is 4.70. The number of nitrogens with one attached hydrogen (secondary N) is 1. The number of fused-ring (bicyclic) bond motifs is 1. The van der Waals surface area contributed by atoms with E-state index < -0.39 is 0 Å². The lowest BCUT2D eigenvalue weighted by molar-refractivity contribution is 0.0997. The van der Waals surface area contributed by atoms with Crippen molar-refractivity contribution in [2.75, 3.05) is 23.3 Å². The average Bonchev–Trinajstić information content (AvgIpc) is 3.54. The van der Waals surface area contributed by atoms with E-state index in [9.17, 15) is 4.79 Å². The highest BCUT2D eigenvalue weighted by Crippen LogP contribution is 2.26. The lowest BCUT2D eigenvalue weighted by atomic mass is 10.1. The summed E-state index contributed by atoms with van der Waals surface area (Å²) in [6.45, 7) is 8.11. The monoisotopic (exact) mass is 499 g/mol. The molecule has 1 N–H and O–H groups in total. The van der Waals surface area contributed by atoms with Gasteiger partial charge in [0.25, 0.3) is 5.91 Å². The van der Waals surface area contributed by atoms with Crippen molar-refractivity contribution in [2.24, 2.45) is 0 Å². The van der Waals surface area contributed by atoms with E-state index >= 15 is 0 Å². The number of hydrogen-bond donors (Lipinski definition) is 1. The first-order chi connectivity index (χ1) is 17.4. The molecule has 5 aromatic rings. The fraction of sp³-hybridized carbons (Fsp3) is 0.179. The lowest BCUT2D eigenvalue weighted by Gasteiger charge is -2.20. The summed E-state index contributed by atoms with van der Waals surface area (Å²) < 4.78 is 5.78. The third-order valence-corrected chi connectivity index (χ3v) is 6.39. The quantitative estimate of drug-likeness (QED) is 0.268. The van der Waals surface area contributed by atoms with Gasteiger partial charge in [0, 0.05) is 35.1 Å². The predicted octanol–water partition coefficient (Wildman–Crippen LogP) is 6.74. The van der Waals surface area contributed by atoms with Crippen LogP contribution in [0.4, 0.5) is 11.4 Å². The lowest BCUT2D eigenvalue weighted by Crippen LogP contribution is -2.21. The Bertz CT molecular complexity index is 1520. The van der Waals surface area contributed by atoms with E-state index in [0.29, 0.717) is 22.0 Å². The highest BCUT2D eigenvalue weighted by Gasteiger charge is 2.16. The number of nitrogens with zero attached hydrogens (tertiary/aromatic N) is 4. The Labute approximate surface area is 214 Å². The first-order valence-electron chi connectivity index (χ1n) is 11.9. The molecule has 3 aromatic carbocycles. The number of benzene rings is 3. The number of carbonyl (C=O) groups is 1. The number of aryl methyl sites for hydroxylation is 1. The molecule has 1 amide bonds. The maximum Gasteiger partial charge on any atom is 0.291 e. The standard InChI is InChI=1S/C28H26ClN5O2/c1-4-33(5-2)21-10-12-22(13-11-21)34-31-24-16-18(3)23(17-25(24)32-34)30-28(35)27-15-14-26(36-27)19-6-8-20(29)9-7-19/h6-17H,4-5H2,1-3H3,(H,30,35). The second kappa shape index (κ2) is 9.87. The number of rotatable bonds is 7. The molecule has 0 spiro atoms. The number of aromatic nitrogens is 3. The number of amides is 1. The van der Waals surface area contributed by atoms with Gasteiger partial charge < -0.3 is 14.6 Å². The predicted molar refractivity (Wildman–Crippen MR) is 144 cm³/mol. The van der Waals surface area contributed by atoms with Crippen LogP contribution in [0.15, 0.2) is 77.2 Å². The number of halogens is 1.